The van der Waals surface area contributed by atoms with Gasteiger partial charge in [0.15, 0.2) is 12.4 Å². The molecule has 0 saturated carbocycles. The van der Waals surface area contributed by atoms with E-state index in [0.717, 1.165) is 57.8 Å². The van der Waals surface area contributed by atoms with Gasteiger partial charge in [0, 0.05) is 12.8 Å². The predicted molar refractivity (Wildman–Crippen MR) is 238 cm³/mol. The van der Waals surface area contributed by atoms with Crippen LogP contribution in [0.2, 0.25) is 0 Å². The van der Waals surface area contributed by atoms with Crippen molar-refractivity contribution >= 4 is 22.1 Å². The third-order valence-electron chi connectivity index (χ3n) is 10.7. The van der Waals surface area contributed by atoms with Crippen molar-refractivity contribution in [3.8, 4) is 0 Å². The van der Waals surface area contributed by atoms with Gasteiger partial charge in [-0.15, -0.1) is 0 Å². The minimum atomic E-state index is -4.61. The van der Waals surface area contributed by atoms with E-state index in [1.54, 1.807) is 0 Å². The molecular formula is C47H84O12S. The smallest absolute Gasteiger partial charge is 0.306 e. The van der Waals surface area contributed by atoms with E-state index < -0.39 is 71.2 Å². The maximum Gasteiger partial charge on any atom is 0.306 e. The fourth-order valence-corrected chi connectivity index (χ4v) is 7.69. The quantitative estimate of drug-likeness (QED) is 0.0199. The van der Waals surface area contributed by atoms with Crippen molar-refractivity contribution in [2.75, 3.05) is 19.0 Å². The van der Waals surface area contributed by atoms with Gasteiger partial charge in [0.2, 0.25) is 0 Å². The van der Waals surface area contributed by atoms with E-state index in [0.29, 0.717) is 12.8 Å². The van der Waals surface area contributed by atoms with Crippen LogP contribution in [0.4, 0.5) is 0 Å². The SMILES string of the molecule is CCCCC/C=C/C/C=C/CCCCCCCCCC(=O)OC[C@H](CO[C@H]1O[C@H](CS(=O)(=O)O)[C@@H](O)C(O)C1O)OC(=O)CCCC/C=C/CCCCCCCCCCC. The molecule has 1 rings (SSSR count). The number of hydrogen-bond donors (Lipinski definition) is 4. The lowest BCUT2D eigenvalue weighted by atomic mass is 10.00. The molecule has 1 heterocycles. The zero-order valence-electron chi connectivity index (χ0n) is 37.3. The predicted octanol–water partition coefficient (Wildman–Crippen LogP) is 9.78. The van der Waals surface area contributed by atoms with Crippen LogP contribution in [0.1, 0.15) is 194 Å². The molecule has 350 valence electrons. The van der Waals surface area contributed by atoms with Gasteiger partial charge in [0.25, 0.3) is 10.1 Å². The summed E-state index contributed by atoms with van der Waals surface area (Å²) in [6.07, 6.45) is 33.3. The molecule has 0 aliphatic carbocycles. The second-order valence-corrected chi connectivity index (χ2v) is 17.9. The Balaban J connectivity index is 2.44. The van der Waals surface area contributed by atoms with Crippen LogP contribution in [0.15, 0.2) is 36.5 Å². The maximum absolute atomic E-state index is 12.8. The van der Waals surface area contributed by atoms with Gasteiger partial charge in [-0.05, 0) is 70.6 Å². The summed E-state index contributed by atoms with van der Waals surface area (Å²) in [4.78, 5) is 25.4. The average Bonchev–Trinajstić information content (AvgIpc) is 3.21. The number of carbonyl (C=O) groups is 2. The molecule has 4 N–H and O–H groups in total. The fraction of sp³-hybridized carbons (Fsp3) is 0.830. The van der Waals surface area contributed by atoms with Crippen molar-refractivity contribution in [1.82, 2.24) is 0 Å². The van der Waals surface area contributed by atoms with Crippen molar-refractivity contribution in [1.29, 1.82) is 0 Å². The lowest BCUT2D eigenvalue weighted by molar-refractivity contribution is -0.297. The Kier molecular flexibility index (Phi) is 34.9. The number of rotatable bonds is 39. The summed E-state index contributed by atoms with van der Waals surface area (Å²) < 4.78 is 54.1. The van der Waals surface area contributed by atoms with Gasteiger partial charge in [-0.1, -0.05) is 147 Å². The largest absolute Gasteiger partial charge is 0.462 e. The molecule has 6 atom stereocenters. The molecule has 0 spiro atoms. The van der Waals surface area contributed by atoms with Crippen LogP contribution in [0, 0.1) is 0 Å². The highest BCUT2D eigenvalue weighted by molar-refractivity contribution is 7.85. The molecule has 0 bridgehead atoms. The first-order valence-electron chi connectivity index (χ1n) is 23.5. The van der Waals surface area contributed by atoms with Gasteiger partial charge in [-0.25, -0.2) is 0 Å². The van der Waals surface area contributed by atoms with Crippen molar-refractivity contribution in [3.63, 3.8) is 0 Å². The van der Waals surface area contributed by atoms with Crippen LogP contribution in [0.25, 0.3) is 0 Å². The number of hydrogen-bond acceptors (Lipinski definition) is 11. The summed E-state index contributed by atoms with van der Waals surface area (Å²) in [6, 6.07) is 0. The molecule has 12 nitrogen and oxygen atoms in total. The van der Waals surface area contributed by atoms with Crippen LogP contribution < -0.4 is 0 Å². The Morgan fingerprint density at radius 2 is 1.00 bits per heavy atom. The molecule has 2 unspecified atom stereocenters. The molecule has 0 aromatic heterocycles. The normalized spacial score (nSPS) is 20.4. The number of carbonyl (C=O) groups excluding carboxylic acids is 2. The lowest BCUT2D eigenvalue weighted by Crippen LogP contribution is -2.60. The summed E-state index contributed by atoms with van der Waals surface area (Å²) in [5, 5.41) is 30.9. The van der Waals surface area contributed by atoms with Gasteiger partial charge in [0.1, 0.15) is 36.8 Å². The molecule has 13 heteroatoms. The standard InChI is InChI=1S/C47H84O12S/c1-3-5-7-9-11-13-15-17-19-20-22-23-25-27-29-31-33-35-42(48)56-37-40(38-57-47-46(52)45(51)44(50)41(59-47)39-60(53,54)55)58-43(49)36-34-32-30-28-26-24-21-18-16-14-12-10-8-6-4-2/h11,13,17,19,26,28,40-41,44-47,50-52H,3-10,12,14-16,18,20-25,27,29-39H2,1-2H3,(H,53,54,55)/b13-11+,19-17+,28-26+/t40-,41-,44-,45?,46?,47+/m1/s1. The Hall–Kier alpha value is -2.13. The van der Waals surface area contributed by atoms with Crippen LogP contribution in [-0.4, -0.2) is 96.0 Å². The highest BCUT2D eigenvalue weighted by Crippen LogP contribution is 2.24. The fourth-order valence-electron chi connectivity index (χ4n) is 7.00. The van der Waals surface area contributed by atoms with E-state index in [1.807, 2.05) is 0 Å². The van der Waals surface area contributed by atoms with Crippen molar-refractivity contribution in [2.24, 2.45) is 0 Å². The number of aliphatic hydroxyl groups is 3. The topological polar surface area (TPSA) is 186 Å². The highest BCUT2D eigenvalue weighted by Gasteiger charge is 2.46. The molecule has 0 aromatic rings. The summed E-state index contributed by atoms with van der Waals surface area (Å²) in [5.74, 6) is -2.02. The van der Waals surface area contributed by atoms with E-state index in [1.165, 1.54) is 96.3 Å². The van der Waals surface area contributed by atoms with E-state index >= 15 is 0 Å². The molecule has 1 aliphatic heterocycles. The van der Waals surface area contributed by atoms with Crippen LogP contribution >= 0.6 is 0 Å². The van der Waals surface area contributed by atoms with Crippen molar-refractivity contribution in [3.05, 3.63) is 36.5 Å². The zero-order chi connectivity index (χ0) is 44.1. The third kappa shape index (κ3) is 31.7. The highest BCUT2D eigenvalue weighted by atomic mass is 32.2. The van der Waals surface area contributed by atoms with Gasteiger partial charge in [-0.3, -0.25) is 14.1 Å². The second-order valence-electron chi connectivity index (χ2n) is 16.4. The Bertz CT molecular complexity index is 1250. The van der Waals surface area contributed by atoms with E-state index in [2.05, 4.69) is 50.3 Å². The van der Waals surface area contributed by atoms with E-state index in [-0.39, 0.29) is 19.4 Å². The first-order valence-corrected chi connectivity index (χ1v) is 25.2. The minimum Gasteiger partial charge on any atom is -0.462 e. The Morgan fingerprint density at radius 3 is 1.55 bits per heavy atom. The van der Waals surface area contributed by atoms with Crippen molar-refractivity contribution in [2.45, 2.75) is 230 Å². The minimum absolute atomic E-state index is 0.133. The molecule has 1 fully saturated rings. The molecule has 0 aromatic carbocycles. The number of unbranched alkanes of at least 4 members (excludes halogenated alkanes) is 21. The van der Waals surface area contributed by atoms with Gasteiger partial charge in [0.05, 0.1) is 6.61 Å². The Morgan fingerprint density at radius 1 is 0.567 bits per heavy atom. The molecule has 60 heavy (non-hydrogen) atoms. The molecule has 0 amide bonds. The molecular weight excluding hydrogens is 789 g/mol. The molecule has 1 aliphatic rings. The summed E-state index contributed by atoms with van der Waals surface area (Å²) in [6.45, 7) is 3.72. The van der Waals surface area contributed by atoms with Crippen LogP contribution in [-0.2, 0) is 38.7 Å². The van der Waals surface area contributed by atoms with Gasteiger partial charge >= 0.3 is 11.9 Å². The third-order valence-corrected chi connectivity index (χ3v) is 11.4. The maximum atomic E-state index is 12.8. The number of allylic oxidation sites excluding steroid dienone is 6. The summed E-state index contributed by atoms with van der Waals surface area (Å²) in [5.41, 5.74) is 0. The first-order chi connectivity index (χ1) is 29.0. The van der Waals surface area contributed by atoms with E-state index in [4.69, 9.17) is 18.9 Å². The number of aliphatic hydroxyl groups excluding tert-OH is 3. The number of esters is 2. The molecule has 0 radical (unpaired) electrons. The lowest BCUT2D eigenvalue weighted by Gasteiger charge is -2.40. The van der Waals surface area contributed by atoms with Crippen LogP contribution in [0.3, 0.4) is 0 Å². The zero-order valence-corrected chi connectivity index (χ0v) is 38.1. The average molecular weight is 873 g/mol. The van der Waals surface area contributed by atoms with Gasteiger partial charge < -0.3 is 34.3 Å². The van der Waals surface area contributed by atoms with E-state index in [9.17, 15) is 37.9 Å². The second kappa shape index (κ2) is 37.4. The first kappa shape index (κ1) is 55.9. The van der Waals surface area contributed by atoms with Crippen molar-refractivity contribution < 1.29 is 56.8 Å². The summed E-state index contributed by atoms with van der Waals surface area (Å²) in [7, 11) is -4.61. The van der Waals surface area contributed by atoms with Gasteiger partial charge in [-0.2, -0.15) is 8.42 Å². The van der Waals surface area contributed by atoms with Crippen LogP contribution in [0.5, 0.6) is 0 Å². The number of ether oxygens (including phenoxy) is 4. The Labute approximate surface area is 363 Å². The monoisotopic (exact) mass is 873 g/mol. The molecule has 1 saturated heterocycles. The summed E-state index contributed by atoms with van der Waals surface area (Å²) >= 11 is 0.